The molecule has 0 amide bonds. The Labute approximate surface area is 156 Å². The van der Waals surface area contributed by atoms with Gasteiger partial charge in [-0.2, -0.15) is 0 Å². The van der Waals surface area contributed by atoms with Crippen molar-refractivity contribution in [2.75, 3.05) is 0 Å². The first kappa shape index (κ1) is 17.9. The number of hydrogen-bond donors (Lipinski definition) is 1. The van der Waals surface area contributed by atoms with Crippen LogP contribution < -0.4 is 10.5 Å². The van der Waals surface area contributed by atoms with Crippen molar-refractivity contribution in [3.63, 3.8) is 0 Å². The molecule has 0 aliphatic carbocycles. The molecule has 0 bridgehead atoms. The van der Waals surface area contributed by atoms with Gasteiger partial charge in [-0.25, -0.2) is 14.4 Å². The maximum Gasteiger partial charge on any atom is 0.196 e. The lowest BCUT2D eigenvalue weighted by Crippen LogP contribution is -2.14. The van der Waals surface area contributed by atoms with Gasteiger partial charge in [0.1, 0.15) is 18.3 Å². The number of hydrogen-bond acceptors (Lipinski definition) is 3. The average molecular weight is 370 g/mol. The maximum atomic E-state index is 13.9. The number of rotatable bonds is 6. The van der Waals surface area contributed by atoms with Gasteiger partial charge in [0.25, 0.3) is 0 Å². The molecule has 2 aromatic carbocycles. The molecule has 0 fully saturated rings. The number of pyridine rings is 1. The Bertz CT molecular complexity index is 896. The number of nitrogens with two attached hydrogens (primary N) is 1. The second kappa shape index (κ2) is 8.45. The Morgan fingerprint density at radius 1 is 1.08 bits per heavy atom. The summed E-state index contributed by atoms with van der Waals surface area (Å²) in [4.78, 5) is 8.54. The molecule has 4 nitrogen and oxygen atoms in total. The summed E-state index contributed by atoms with van der Waals surface area (Å²) >= 11 is 6.03. The van der Waals surface area contributed by atoms with Crippen LogP contribution in [-0.4, -0.2) is 10.8 Å². The fourth-order valence-electron chi connectivity index (χ4n) is 2.38. The molecule has 2 N–H and O–H groups in total. The highest BCUT2D eigenvalue weighted by atomic mass is 35.5. The summed E-state index contributed by atoms with van der Waals surface area (Å²) in [5, 5.41) is 0.308. The molecular formula is C20H17ClFN3O. The SMILES string of the molecule is N/C(Cc1ccccc1)=N\c1ncccc1OCc1c(F)cccc1Cl. The normalized spacial score (nSPS) is 11.4. The van der Waals surface area contributed by atoms with Crippen LogP contribution >= 0.6 is 11.6 Å². The van der Waals surface area contributed by atoms with E-state index < -0.39 is 5.82 Å². The highest BCUT2D eigenvalue weighted by Crippen LogP contribution is 2.27. The number of aromatic nitrogens is 1. The summed E-state index contributed by atoms with van der Waals surface area (Å²) < 4.78 is 19.6. The number of halogens is 2. The van der Waals surface area contributed by atoms with Gasteiger partial charge in [-0.1, -0.05) is 48.0 Å². The molecule has 26 heavy (non-hydrogen) atoms. The highest BCUT2D eigenvalue weighted by Gasteiger charge is 2.10. The quantitative estimate of drug-likeness (QED) is 0.506. The van der Waals surface area contributed by atoms with Crippen LogP contribution in [0.15, 0.2) is 71.9 Å². The molecule has 0 radical (unpaired) electrons. The Kier molecular flexibility index (Phi) is 5.81. The molecule has 0 unspecified atom stereocenters. The zero-order valence-electron chi connectivity index (χ0n) is 13.9. The summed E-state index contributed by atoms with van der Waals surface area (Å²) in [5.74, 6) is 0.731. The number of ether oxygens (including phenoxy) is 1. The Balaban J connectivity index is 1.77. The van der Waals surface area contributed by atoms with Crippen LogP contribution in [0.3, 0.4) is 0 Å². The molecular weight excluding hydrogens is 353 g/mol. The molecule has 6 heteroatoms. The van der Waals surface area contributed by atoms with E-state index in [1.807, 2.05) is 30.3 Å². The monoisotopic (exact) mass is 369 g/mol. The van der Waals surface area contributed by atoms with E-state index in [0.717, 1.165) is 5.56 Å². The largest absolute Gasteiger partial charge is 0.485 e. The van der Waals surface area contributed by atoms with E-state index in [1.54, 1.807) is 30.5 Å². The molecule has 0 spiro atoms. The van der Waals surface area contributed by atoms with Gasteiger partial charge in [-0.15, -0.1) is 0 Å². The first-order valence-corrected chi connectivity index (χ1v) is 8.39. The van der Waals surface area contributed by atoms with Crippen molar-refractivity contribution in [3.05, 3.63) is 88.8 Å². The minimum Gasteiger partial charge on any atom is -0.485 e. The van der Waals surface area contributed by atoms with E-state index >= 15 is 0 Å². The van der Waals surface area contributed by atoms with E-state index in [9.17, 15) is 4.39 Å². The van der Waals surface area contributed by atoms with Crippen LogP contribution in [0.1, 0.15) is 11.1 Å². The van der Waals surface area contributed by atoms with Crippen molar-refractivity contribution in [1.82, 2.24) is 4.98 Å². The predicted octanol–water partition coefficient (Wildman–Crippen LogP) is 4.68. The third kappa shape index (κ3) is 4.58. The molecule has 0 saturated carbocycles. The van der Waals surface area contributed by atoms with E-state index in [2.05, 4.69) is 9.98 Å². The van der Waals surface area contributed by atoms with Gasteiger partial charge in [-0.05, 0) is 29.8 Å². The van der Waals surface area contributed by atoms with Crippen LogP contribution in [0.2, 0.25) is 5.02 Å². The lowest BCUT2D eigenvalue weighted by Gasteiger charge is -2.10. The van der Waals surface area contributed by atoms with Crippen LogP contribution in [-0.2, 0) is 13.0 Å². The van der Waals surface area contributed by atoms with Crippen molar-refractivity contribution in [2.24, 2.45) is 10.7 Å². The number of benzene rings is 2. The summed E-state index contributed by atoms with van der Waals surface area (Å²) in [7, 11) is 0. The van der Waals surface area contributed by atoms with E-state index in [1.165, 1.54) is 6.07 Å². The molecule has 3 aromatic rings. The average Bonchev–Trinajstić information content (AvgIpc) is 2.63. The van der Waals surface area contributed by atoms with Crippen LogP contribution in [0, 0.1) is 5.82 Å². The van der Waals surface area contributed by atoms with Gasteiger partial charge in [-0.3, -0.25) is 0 Å². The minimum absolute atomic E-state index is 0.0295. The first-order chi connectivity index (χ1) is 12.6. The van der Waals surface area contributed by atoms with Crippen molar-refractivity contribution in [2.45, 2.75) is 13.0 Å². The topological polar surface area (TPSA) is 60.5 Å². The fraction of sp³-hybridized carbons (Fsp3) is 0.100. The Morgan fingerprint density at radius 2 is 1.88 bits per heavy atom. The van der Waals surface area contributed by atoms with Crippen molar-refractivity contribution in [3.8, 4) is 5.75 Å². The van der Waals surface area contributed by atoms with Crippen LogP contribution in [0.5, 0.6) is 5.75 Å². The zero-order valence-corrected chi connectivity index (χ0v) is 14.7. The summed E-state index contributed by atoms with van der Waals surface area (Å²) in [6, 6.07) is 17.7. The predicted molar refractivity (Wildman–Crippen MR) is 101 cm³/mol. The van der Waals surface area contributed by atoms with Crippen molar-refractivity contribution < 1.29 is 9.13 Å². The molecule has 0 aliphatic heterocycles. The fourth-order valence-corrected chi connectivity index (χ4v) is 2.60. The van der Waals surface area contributed by atoms with Crippen LogP contribution in [0.4, 0.5) is 10.2 Å². The highest BCUT2D eigenvalue weighted by molar-refractivity contribution is 6.31. The van der Waals surface area contributed by atoms with Gasteiger partial charge >= 0.3 is 0 Å². The summed E-state index contributed by atoms with van der Waals surface area (Å²) in [6.45, 7) is -0.0295. The maximum absolute atomic E-state index is 13.9. The molecule has 132 valence electrons. The van der Waals surface area contributed by atoms with Gasteiger partial charge in [0.15, 0.2) is 11.6 Å². The first-order valence-electron chi connectivity index (χ1n) is 8.01. The lowest BCUT2D eigenvalue weighted by atomic mass is 10.1. The third-order valence-electron chi connectivity index (χ3n) is 3.66. The molecule has 0 saturated heterocycles. The third-order valence-corrected chi connectivity index (χ3v) is 4.02. The number of nitrogens with zero attached hydrogens (tertiary/aromatic N) is 2. The van der Waals surface area contributed by atoms with Gasteiger partial charge in [0.05, 0.1) is 5.02 Å². The Morgan fingerprint density at radius 3 is 2.65 bits per heavy atom. The second-order valence-corrected chi connectivity index (χ2v) is 5.99. The molecule has 0 atom stereocenters. The molecule has 3 rings (SSSR count). The molecule has 0 aliphatic rings. The summed E-state index contributed by atoms with van der Waals surface area (Å²) in [5.41, 5.74) is 7.36. The lowest BCUT2D eigenvalue weighted by molar-refractivity contribution is 0.300. The minimum atomic E-state index is -0.421. The standard InChI is InChI=1S/C20H17ClFN3O/c21-16-8-4-9-17(22)15(16)13-26-18-10-5-11-24-20(18)25-19(23)12-14-6-2-1-3-7-14/h1-11H,12-13H2,(H2,23,24,25). The summed E-state index contributed by atoms with van der Waals surface area (Å²) in [6.07, 6.45) is 2.09. The zero-order chi connectivity index (χ0) is 18.4. The van der Waals surface area contributed by atoms with E-state index in [-0.39, 0.29) is 12.2 Å². The Hall–Kier alpha value is -2.92. The molecule has 1 aromatic heterocycles. The van der Waals surface area contributed by atoms with Gasteiger partial charge in [0, 0.05) is 18.2 Å². The van der Waals surface area contributed by atoms with Crippen molar-refractivity contribution >= 4 is 23.3 Å². The second-order valence-electron chi connectivity index (χ2n) is 5.58. The van der Waals surface area contributed by atoms with E-state index in [4.69, 9.17) is 22.1 Å². The van der Waals surface area contributed by atoms with Gasteiger partial charge in [0.2, 0.25) is 0 Å². The number of amidine groups is 1. The van der Waals surface area contributed by atoms with Crippen molar-refractivity contribution in [1.29, 1.82) is 0 Å². The molecule has 1 heterocycles. The van der Waals surface area contributed by atoms with Crippen LogP contribution in [0.25, 0.3) is 0 Å². The number of aliphatic imine (C=N–C) groups is 1. The van der Waals surface area contributed by atoms with E-state index in [0.29, 0.717) is 28.8 Å². The smallest absolute Gasteiger partial charge is 0.196 e. The van der Waals surface area contributed by atoms with Gasteiger partial charge < -0.3 is 10.5 Å².